The fourth-order valence-electron chi connectivity index (χ4n) is 1.79. The zero-order valence-corrected chi connectivity index (χ0v) is 12.4. The highest BCUT2D eigenvalue weighted by molar-refractivity contribution is 7.21. The molecule has 20 heavy (non-hydrogen) atoms. The van der Waals surface area contributed by atoms with Crippen LogP contribution in [-0.2, 0) is 4.79 Å². The van der Waals surface area contributed by atoms with E-state index in [1.807, 2.05) is 12.1 Å². The number of amides is 2. The molecule has 1 aromatic carbocycles. The van der Waals surface area contributed by atoms with Gasteiger partial charge in [0.25, 0.3) is 5.91 Å². The van der Waals surface area contributed by atoms with Crippen molar-refractivity contribution in [3.8, 4) is 0 Å². The minimum atomic E-state index is -0.259. The number of benzene rings is 1. The number of fused-ring (bicyclic) bond motifs is 1. The van der Waals surface area contributed by atoms with Gasteiger partial charge in [0.05, 0.1) is 10.7 Å². The molecular weight excluding hydrogens is 298 g/mol. The lowest BCUT2D eigenvalue weighted by atomic mass is 10.2. The number of hydrogen-bond donors (Lipinski definition) is 3. The van der Waals surface area contributed by atoms with Crippen molar-refractivity contribution >= 4 is 50.5 Å². The van der Waals surface area contributed by atoms with Gasteiger partial charge in [0.15, 0.2) is 0 Å². The lowest BCUT2D eigenvalue weighted by Crippen LogP contribution is -2.33. The zero-order chi connectivity index (χ0) is 14.7. The molecule has 0 atom stereocenters. The molecule has 0 saturated heterocycles. The van der Waals surface area contributed by atoms with Crippen LogP contribution in [0, 0.1) is 0 Å². The quantitative estimate of drug-likeness (QED) is 0.755. The summed E-state index contributed by atoms with van der Waals surface area (Å²) in [4.78, 5) is 23.2. The van der Waals surface area contributed by atoms with E-state index in [9.17, 15) is 9.59 Å². The van der Waals surface area contributed by atoms with Gasteiger partial charge < -0.3 is 16.4 Å². The number of nitrogens with two attached hydrogens (primary N) is 1. The number of rotatable bonds is 4. The second kappa shape index (κ2) is 6.11. The van der Waals surface area contributed by atoms with Crippen molar-refractivity contribution in [3.05, 3.63) is 28.1 Å². The lowest BCUT2D eigenvalue weighted by molar-refractivity contribution is -0.118. The third-order valence-corrected chi connectivity index (χ3v) is 4.18. The van der Waals surface area contributed by atoms with Gasteiger partial charge in [0.1, 0.15) is 4.88 Å². The van der Waals surface area contributed by atoms with Crippen LogP contribution in [-0.4, -0.2) is 24.9 Å². The van der Waals surface area contributed by atoms with Crippen LogP contribution in [0.3, 0.4) is 0 Å². The molecule has 5 nitrogen and oxygen atoms in total. The van der Waals surface area contributed by atoms with Gasteiger partial charge in [-0.05, 0) is 12.1 Å². The highest BCUT2D eigenvalue weighted by atomic mass is 35.5. The van der Waals surface area contributed by atoms with Crippen molar-refractivity contribution in [2.24, 2.45) is 0 Å². The minimum Gasteiger partial charge on any atom is -0.397 e. The van der Waals surface area contributed by atoms with E-state index >= 15 is 0 Å². The molecule has 0 aliphatic rings. The van der Waals surface area contributed by atoms with Crippen LogP contribution in [0.4, 0.5) is 5.69 Å². The third kappa shape index (κ3) is 3.02. The van der Waals surface area contributed by atoms with Gasteiger partial charge >= 0.3 is 0 Å². The molecule has 0 saturated carbocycles. The van der Waals surface area contributed by atoms with Crippen LogP contribution >= 0.6 is 22.9 Å². The Kier molecular flexibility index (Phi) is 4.46. The largest absolute Gasteiger partial charge is 0.397 e. The number of hydrogen-bond acceptors (Lipinski definition) is 4. The predicted molar refractivity (Wildman–Crippen MR) is 82.3 cm³/mol. The molecule has 0 aliphatic carbocycles. The maximum atomic E-state index is 12.1. The Hall–Kier alpha value is -1.79. The summed E-state index contributed by atoms with van der Waals surface area (Å²) in [6.45, 7) is 2.15. The monoisotopic (exact) mass is 311 g/mol. The van der Waals surface area contributed by atoms with Crippen molar-refractivity contribution in [1.82, 2.24) is 10.6 Å². The Bertz CT molecular complexity index is 669. The van der Waals surface area contributed by atoms with Crippen molar-refractivity contribution in [1.29, 1.82) is 0 Å². The van der Waals surface area contributed by atoms with Crippen molar-refractivity contribution in [2.45, 2.75) is 6.92 Å². The van der Waals surface area contributed by atoms with Crippen molar-refractivity contribution in [3.63, 3.8) is 0 Å². The Morgan fingerprint density at radius 3 is 2.65 bits per heavy atom. The number of halogens is 1. The van der Waals surface area contributed by atoms with Crippen LogP contribution in [0.2, 0.25) is 5.02 Å². The third-order valence-electron chi connectivity index (χ3n) is 2.69. The molecule has 0 radical (unpaired) electrons. The summed E-state index contributed by atoms with van der Waals surface area (Å²) in [5.74, 6) is -0.391. The maximum absolute atomic E-state index is 12.1. The molecule has 0 fully saturated rings. The SMILES string of the molecule is CC(=O)NCCNC(=O)c1sc2cccc(Cl)c2c1N. The molecular formula is C13H14ClN3O2S. The molecule has 1 heterocycles. The van der Waals surface area contributed by atoms with Crippen LogP contribution in [0.15, 0.2) is 18.2 Å². The fraction of sp³-hybridized carbons (Fsp3) is 0.231. The molecule has 0 spiro atoms. The predicted octanol–water partition coefficient (Wildman–Crippen LogP) is 2.00. The smallest absolute Gasteiger partial charge is 0.263 e. The summed E-state index contributed by atoms with van der Waals surface area (Å²) in [6, 6.07) is 5.43. The number of nitrogens with one attached hydrogen (secondary N) is 2. The van der Waals surface area contributed by atoms with E-state index in [0.29, 0.717) is 34.1 Å². The van der Waals surface area contributed by atoms with Gasteiger partial charge in [-0.25, -0.2) is 0 Å². The highest BCUT2D eigenvalue weighted by Crippen LogP contribution is 2.37. The van der Waals surface area contributed by atoms with Crippen LogP contribution < -0.4 is 16.4 Å². The summed E-state index contributed by atoms with van der Waals surface area (Å²) < 4.78 is 0.877. The van der Waals surface area contributed by atoms with Gasteiger partial charge in [-0.2, -0.15) is 0 Å². The first-order valence-electron chi connectivity index (χ1n) is 6.00. The van der Waals surface area contributed by atoms with E-state index in [2.05, 4.69) is 10.6 Å². The Morgan fingerprint density at radius 1 is 1.30 bits per heavy atom. The minimum absolute atomic E-state index is 0.132. The van der Waals surface area contributed by atoms with E-state index in [1.165, 1.54) is 18.3 Å². The van der Waals surface area contributed by atoms with Crippen molar-refractivity contribution < 1.29 is 9.59 Å². The lowest BCUT2D eigenvalue weighted by Gasteiger charge is -2.04. The van der Waals surface area contributed by atoms with Gasteiger partial charge in [-0.1, -0.05) is 17.7 Å². The molecule has 0 aliphatic heterocycles. The van der Waals surface area contributed by atoms with Crippen LogP contribution in [0.5, 0.6) is 0 Å². The molecule has 2 amide bonds. The maximum Gasteiger partial charge on any atom is 0.263 e. The number of nitrogen functional groups attached to an aromatic ring is 1. The van der Waals surface area contributed by atoms with Gasteiger partial charge in [-0.3, -0.25) is 9.59 Å². The molecule has 106 valence electrons. The first-order valence-corrected chi connectivity index (χ1v) is 7.19. The van der Waals surface area contributed by atoms with Gasteiger partial charge in [-0.15, -0.1) is 11.3 Å². The van der Waals surface area contributed by atoms with Crippen LogP contribution in [0.25, 0.3) is 10.1 Å². The molecule has 7 heteroatoms. The van der Waals surface area contributed by atoms with E-state index in [1.54, 1.807) is 6.07 Å². The standard InChI is InChI=1S/C13H14ClN3O2S/c1-7(18)16-5-6-17-13(19)12-11(15)10-8(14)3-2-4-9(10)20-12/h2-4H,5-6,15H2,1H3,(H,16,18)(H,17,19). The number of carbonyl (C=O) groups is 2. The van der Waals surface area contributed by atoms with E-state index < -0.39 is 0 Å². The summed E-state index contributed by atoms with van der Waals surface area (Å²) in [5, 5.41) is 6.56. The molecule has 2 rings (SSSR count). The van der Waals surface area contributed by atoms with Gasteiger partial charge in [0, 0.05) is 30.1 Å². The molecule has 0 bridgehead atoms. The Labute approximate surface area is 125 Å². The first kappa shape index (κ1) is 14.6. The number of anilines is 1. The zero-order valence-electron chi connectivity index (χ0n) is 10.8. The summed E-state index contributed by atoms with van der Waals surface area (Å²) in [7, 11) is 0. The Morgan fingerprint density at radius 2 is 2.00 bits per heavy atom. The van der Waals surface area contributed by atoms with Crippen molar-refractivity contribution in [2.75, 3.05) is 18.8 Å². The molecule has 4 N–H and O–H groups in total. The average molecular weight is 312 g/mol. The van der Waals surface area contributed by atoms with E-state index in [4.69, 9.17) is 17.3 Å². The second-order valence-corrected chi connectivity index (χ2v) is 5.66. The summed E-state index contributed by atoms with van der Waals surface area (Å²) in [6.07, 6.45) is 0. The summed E-state index contributed by atoms with van der Waals surface area (Å²) in [5.41, 5.74) is 6.38. The first-order chi connectivity index (χ1) is 9.50. The fourth-order valence-corrected chi connectivity index (χ4v) is 3.19. The highest BCUT2D eigenvalue weighted by Gasteiger charge is 2.17. The molecule has 1 aromatic heterocycles. The number of thiophene rings is 1. The topological polar surface area (TPSA) is 84.2 Å². The Balaban J connectivity index is 2.13. The molecule has 0 unspecified atom stereocenters. The average Bonchev–Trinajstić information content (AvgIpc) is 2.73. The van der Waals surface area contributed by atoms with E-state index in [0.717, 1.165) is 4.70 Å². The van der Waals surface area contributed by atoms with Crippen LogP contribution in [0.1, 0.15) is 16.6 Å². The van der Waals surface area contributed by atoms with Gasteiger partial charge in [0.2, 0.25) is 5.91 Å². The number of carbonyl (C=O) groups excluding carboxylic acids is 2. The normalized spacial score (nSPS) is 10.5. The summed E-state index contributed by atoms with van der Waals surface area (Å²) >= 11 is 7.39. The second-order valence-electron chi connectivity index (χ2n) is 4.20. The van der Waals surface area contributed by atoms with E-state index in [-0.39, 0.29) is 11.8 Å². The molecule has 2 aromatic rings.